The van der Waals surface area contributed by atoms with Crippen molar-refractivity contribution in [3.05, 3.63) is 40.3 Å². The van der Waals surface area contributed by atoms with Crippen molar-refractivity contribution in [3.8, 4) is 5.75 Å². The fourth-order valence-corrected chi connectivity index (χ4v) is 2.39. The number of thiazole rings is 1. The molecule has 0 saturated carbocycles. The summed E-state index contributed by atoms with van der Waals surface area (Å²) in [5.41, 5.74) is 1.17. The molecular weight excluding hydrogens is 276 g/mol. The molecule has 2 rings (SSSR count). The van der Waals surface area contributed by atoms with Gasteiger partial charge in [-0.2, -0.15) is 0 Å². The summed E-state index contributed by atoms with van der Waals surface area (Å²) in [5.74, 6) is -0.196. The number of anilines is 1. The number of carbonyl (C=O) groups is 1. The number of carboxylic acids is 1. The van der Waals surface area contributed by atoms with E-state index >= 15 is 0 Å². The molecule has 2 aromatic rings. The zero-order valence-electron chi connectivity index (χ0n) is 11.4. The van der Waals surface area contributed by atoms with E-state index in [1.807, 2.05) is 43.3 Å². The Kier molecular flexibility index (Phi) is 4.57. The van der Waals surface area contributed by atoms with Crippen LogP contribution in [0.4, 0.5) is 5.69 Å². The predicted octanol–water partition coefficient (Wildman–Crippen LogP) is 2.53. The monoisotopic (exact) mass is 292 g/mol. The van der Waals surface area contributed by atoms with E-state index in [4.69, 9.17) is 9.84 Å². The van der Waals surface area contributed by atoms with Crippen molar-refractivity contribution in [1.29, 1.82) is 0 Å². The molecule has 5 nitrogen and oxygen atoms in total. The van der Waals surface area contributed by atoms with Crippen LogP contribution in [0.5, 0.6) is 5.75 Å². The molecule has 0 unspecified atom stereocenters. The van der Waals surface area contributed by atoms with E-state index < -0.39 is 5.97 Å². The van der Waals surface area contributed by atoms with Gasteiger partial charge in [-0.25, -0.2) is 9.78 Å². The molecule has 0 aliphatic carbocycles. The van der Waals surface area contributed by atoms with Gasteiger partial charge in [-0.15, -0.1) is 11.3 Å². The molecule has 0 atom stereocenters. The number of ether oxygens (including phenoxy) is 1. The Morgan fingerprint density at radius 2 is 2.25 bits per heavy atom. The molecule has 0 fully saturated rings. The lowest BCUT2D eigenvalue weighted by Gasteiger charge is -2.13. The number of hydrogen-bond acceptors (Lipinski definition) is 5. The van der Waals surface area contributed by atoms with Crippen molar-refractivity contribution in [2.75, 3.05) is 25.6 Å². The summed E-state index contributed by atoms with van der Waals surface area (Å²) in [6, 6.07) is 7.81. The number of carboxylic acid groups (broad SMARTS) is 1. The maximum Gasteiger partial charge on any atom is 0.355 e. The highest BCUT2D eigenvalue weighted by molar-refractivity contribution is 7.09. The van der Waals surface area contributed by atoms with Crippen molar-refractivity contribution >= 4 is 23.0 Å². The number of hydrogen-bond donors (Lipinski definition) is 1. The van der Waals surface area contributed by atoms with E-state index in [1.54, 1.807) is 5.38 Å². The quantitative estimate of drug-likeness (QED) is 0.886. The van der Waals surface area contributed by atoms with Gasteiger partial charge in [0.1, 0.15) is 5.75 Å². The molecule has 1 aromatic heterocycles. The Morgan fingerprint density at radius 3 is 2.90 bits per heavy atom. The summed E-state index contributed by atoms with van der Waals surface area (Å²) in [7, 11) is 3.95. The molecule has 6 heteroatoms. The average Bonchev–Trinajstić information content (AvgIpc) is 2.88. The molecule has 20 heavy (non-hydrogen) atoms. The Morgan fingerprint density at radius 1 is 1.45 bits per heavy atom. The third-order valence-electron chi connectivity index (χ3n) is 2.69. The molecule has 0 saturated heterocycles. The van der Waals surface area contributed by atoms with Crippen LogP contribution in [0.15, 0.2) is 29.6 Å². The van der Waals surface area contributed by atoms with Crippen LogP contribution in [-0.2, 0) is 6.42 Å². The van der Waals surface area contributed by atoms with Crippen molar-refractivity contribution in [2.45, 2.75) is 6.42 Å². The summed E-state index contributed by atoms with van der Waals surface area (Å²) >= 11 is 1.34. The summed E-state index contributed by atoms with van der Waals surface area (Å²) < 4.78 is 5.66. The first-order valence-corrected chi connectivity index (χ1v) is 7.02. The van der Waals surface area contributed by atoms with Gasteiger partial charge in [0.25, 0.3) is 0 Å². The summed E-state index contributed by atoms with van der Waals surface area (Å²) in [6.07, 6.45) is 0.601. The summed E-state index contributed by atoms with van der Waals surface area (Å²) in [5, 5.41) is 11.1. The summed E-state index contributed by atoms with van der Waals surface area (Å²) in [4.78, 5) is 16.7. The maximum absolute atomic E-state index is 10.7. The smallest absolute Gasteiger partial charge is 0.355 e. The fourth-order valence-electron chi connectivity index (χ4n) is 1.63. The van der Waals surface area contributed by atoms with E-state index in [-0.39, 0.29) is 5.69 Å². The lowest BCUT2D eigenvalue weighted by Crippen LogP contribution is -2.09. The third kappa shape index (κ3) is 3.71. The minimum absolute atomic E-state index is 0.0969. The zero-order chi connectivity index (χ0) is 14.5. The van der Waals surface area contributed by atoms with Crippen LogP contribution in [0.2, 0.25) is 0 Å². The van der Waals surface area contributed by atoms with Crippen molar-refractivity contribution in [1.82, 2.24) is 4.98 Å². The molecule has 1 N–H and O–H groups in total. The van der Waals surface area contributed by atoms with Crippen LogP contribution < -0.4 is 9.64 Å². The largest absolute Gasteiger partial charge is 0.493 e. The fraction of sp³-hybridized carbons (Fsp3) is 0.286. The standard InChI is InChI=1S/C14H16N2O3S/c1-16(2)10-4-3-5-11(8-10)19-7-6-13-15-12(9-20-13)14(17)18/h3-5,8-9H,6-7H2,1-2H3,(H,17,18). The first-order chi connectivity index (χ1) is 9.56. The van der Waals surface area contributed by atoms with Crippen LogP contribution in [0.25, 0.3) is 0 Å². The highest BCUT2D eigenvalue weighted by Gasteiger charge is 2.08. The molecular formula is C14H16N2O3S. The number of benzene rings is 1. The Bertz CT molecular complexity index is 596. The highest BCUT2D eigenvalue weighted by atomic mass is 32.1. The molecule has 0 spiro atoms. The van der Waals surface area contributed by atoms with Crippen LogP contribution in [0.3, 0.4) is 0 Å². The van der Waals surface area contributed by atoms with Gasteiger partial charge < -0.3 is 14.7 Å². The van der Waals surface area contributed by atoms with Gasteiger partial charge in [-0.05, 0) is 12.1 Å². The van der Waals surface area contributed by atoms with Crippen molar-refractivity contribution < 1.29 is 14.6 Å². The van der Waals surface area contributed by atoms with Crippen molar-refractivity contribution in [2.24, 2.45) is 0 Å². The number of aromatic carboxylic acids is 1. The van der Waals surface area contributed by atoms with Gasteiger partial charge in [0.2, 0.25) is 0 Å². The van der Waals surface area contributed by atoms with Gasteiger partial charge >= 0.3 is 5.97 Å². The minimum atomic E-state index is -0.993. The van der Waals surface area contributed by atoms with E-state index in [2.05, 4.69) is 4.98 Å². The second kappa shape index (κ2) is 6.38. The van der Waals surface area contributed by atoms with Crippen LogP contribution in [0.1, 0.15) is 15.5 Å². The lowest BCUT2D eigenvalue weighted by molar-refractivity contribution is 0.0691. The molecule has 0 aliphatic rings. The van der Waals surface area contributed by atoms with Gasteiger partial charge in [0.15, 0.2) is 5.69 Å². The lowest BCUT2D eigenvalue weighted by atomic mass is 10.3. The number of rotatable bonds is 6. The van der Waals surface area contributed by atoms with Gasteiger partial charge in [0, 0.05) is 37.6 Å². The average molecular weight is 292 g/mol. The zero-order valence-corrected chi connectivity index (χ0v) is 12.2. The first-order valence-electron chi connectivity index (χ1n) is 6.14. The molecule has 1 heterocycles. The Labute approximate surface area is 121 Å². The van der Waals surface area contributed by atoms with E-state index in [1.165, 1.54) is 11.3 Å². The van der Waals surface area contributed by atoms with E-state index in [0.717, 1.165) is 16.4 Å². The SMILES string of the molecule is CN(C)c1cccc(OCCc2nc(C(=O)O)cs2)c1. The molecule has 106 valence electrons. The first kappa shape index (κ1) is 14.3. The highest BCUT2D eigenvalue weighted by Crippen LogP contribution is 2.19. The minimum Gasteiger partial charge on any atom is -0.493 e. The Hall–Kier alpha value is -2.08. The van der Waals surface area contributed by atoms with Gasteiger partial charge in [0.05, 0.1) is 11.6 Å². The predicted molar refractivity (Wildman–Crippen MR) is 79.0 cm³/mol. The number of aromatic nitrogens is 1. The molecule has 1 aromatic carbocycles. The maximum atomic E-state index is 10.7. The normalized spacial score (nSPS) is 10.3. The Balaban J connectivity index is 1.89. The van der Waals surface area contributed by atoms with Gasteiger partial charge in [-0.3, -0.25) is 0 Å². The molecule has 0 bridgehead atoms. The van der Waals surface area contributed by atoms with Gasteiger partial charge in [-0.1, -0.05) is 6.07 Å². The second-order valence-corrected chi connectivity index (χ2v) is 5.36. The summed E-state index contributed by atoms with van der Waals surface area (Å²) in [6.45, 7) is 0.476. The van der Waals surface area contributed by atoms with E-state index in [9.17, 15) is 4.79 Å². The van der Waals surface area contributed by atoms with Crippen LogP contribution in [-0.4, -0.2) is 36.8 Å². The van der Waals surface area contributed by atoms with Crippen LogP contribution >= 0.6 is 11.3 Å². The topological polar surface area (TPSA) is 62.7 Å². The molecule has 0 amide bonds. The van der Waals surface area contributed by atoms with E-state index in [0.29, 0.717) is 13.0 Å². The molecule has 0 aliphatic heterocycles. The third-order valence-corrected chi connectivity index (χ3v) is 3.60. The van der Waals surface area contributed by atoms with Crippen LogP contribution in [0, 0.1) is 0 Å². The second-order valence-electron chi connectivity index (χ2n) is 4.42. The molecule has 0 radical (unpaired) electrons. The number of nitrogens with zero attached hydrogens (tertiary/aromatic N) is 2. The van der Waals surface area contributed by atoms with Crippen molar-refractivity contribution in [3.63, 3.8) is 0 Å².